The Balaban J connectivity index is 1.75. The van der Waals surface area contributed by atoms with E-state index in [1.165, 1.54) is 5.69 Å². The van der Waals surface area contributed by atoms with Crippen molar-refractivity contribution in [2.24, 2.45) is 0 Å². The van der Waals surface area contributed by atoms with Crippen molar-refractivity contribution < 1.29 is 4.79 Å². The van der Waals surface area contributed by atoms with Crippen LogP contribution in [0.4, 0.5) is 5.69 Å². The van der Waals surface area contributed by atoms with Crippen LogP contribution in [0.25, 0.3) is 0 Å². The molecule has 1 N–H and O–H groups in total. The minimum absolute atomic E-state index is 0.148. The summed E-state index contributed by atoms with van der Waals surface area (Å²) in [4.78, 5) is 16.3. The summed E-state index contributed by atoms with van der Waals surface area (Å²) >= 11 is 0. The minimum Gasteiger partial charge on any atom is -0.369 e. The highest BCUT2D eigenvalue weighted by Gasteiger charge is 2.18. The van der Waals surface area contributed by atoms with Gasteiger partial charge in [0.15, 0.2) is 0 Å². The van der Waals surface area contributed by atoms with Crippen molar-refractivity contribution in [2.75, 3.05) is 44.2 Å². The summed E-state index contributed by atoms with van der Waals surface area (Å²) in [6.45, 7) is 7.27. The van der Waals surface area contributed by atoms with Gasteiger partial charge in [0.2, 0.25) is 5.91 Å². The van der Waals surface area contributed by atoms with E-state index in [0.717, 1.165) is 39.1 Å². The van der Waals surface area contributed by atoms with Gasteiger partial charge in [0.25, 0.3) is 0 Å². The molecule has 0 unspecified atom stereocenters. The van der Waals surface area contributed by atoms with Crippen molar-refractivity contribution in [3.63, 3.8) is 0 Å². The summed E-state index contributed by atoms with van der Waals surface area (Å²) < 4.78 is 0. The van der Waals surface area contributed by atoms with Gasteiger partial charge < -0.3 is 10.2 Å². The molecular formula is C15H23N3O. The molecule has 1 amide bonds. The summed E-state index contributed by atoms with van der Waals surface area (Å²) in [5.41, 5.74) is 1.28. The molecule has 1 heterocycles. The molecule has 0 aliphatic carbocycles. The van der Waals surface area contributed by atoms with E-state index in [4.69, 9.17) is 0 Å². The Morgan fingerprint density at radius 1 is 1.16 bits per heavy atom. The fourth-order valence-corrected chi connectivity index (χ4v) is 2.33. The van der Waals surface area contributed by atoms with Crippen molar-refractivity contribution in [3.8, 4) is 0 Å². The van der Waals surface area contributed by atoms with Crippen LogP contribution in [0.5, 0.6) is 0 Å². The first kappa shape index (κ1) is 13.9. The molecule has 0 saturated carbocycles. The summed E-state index contributed by atoms with van der Waals surface area (Å²) in [6, 6.07) is 10.5. The number of hydrogen-bond acceptors (Lipinski definition) is 3. The molecule has 1 aliphatic rings. The lowest BCUT2D eigenvalue weighted by molar-refractivity contribution is -0.122. The molecule has 104 valence electrons. The van der Waals surface area contributed by atoms with E-state index in [2.05, 4.69) is 46.3 Å². The third kappa shape index (κ3) is 4.24. The largest absolute Gasteiger partial charge is 0.369 e. The summed E-state index contributed by atoms with van der Waals surface area (Å²) in [7, 11) is 0. The Bertz CT molecular complexity index is 386. The highest BCUT2D eigenvalue weighted by atomic mass is 16.2. The predicted octanol–water partition coefficient (Wildman–Crippen LogP) is 1.33. The van der Waals surface area contributed by atoms with Crippen LogP contribution >= 0.6 is 0 Å². The third-order valence-electron chi connectivity index (χ3n) is 3.43. The molecule has 1 fully saturated rings. The molecule has 0 aromatic heterocycles. The van der Waals surface area contributed by atoms with Gasteiger partial charge >= 0.3 is 0 Å². The first-order chi connectivity index (χ1) is 9.29. The molecule has 1 aromatic carbocycles. The SMILES string of the molecule is CCCNC(=O)CN1CCN(c2ccccc2)CC1. The first-order valence-corrected chi connectivity index (χ1v) is 7.08. The monoisotopic (exact) mass is 261 g/mol. The lowest BCUT2D eigenvalue weighted by atomic mass is 10.2. The molecule has 4 nitrogen and oxygen atoms in total. The second-order valence-corrected chi connectivity index (χ2v) is 4.95. The van der Waals surface area contributed by atoms with Crippen LogP contribution in [0.3, 0.4) is 0 Å². The second-order valence-electron chi connectivity index (χ2n) is 4.95. The van der Waals surface area contributed by atoms with Crippen molar-refractivity contribution in [3.05, 3.63) is 30.3 Å². The lowest BCUT2D eigenvalue weighted by Crippen LogP contribution is -2.49. The average molecular weight is 261 g/mol. The molecule has 0 bridgehead atoms. The number of carbonyl (C=O) groups excluding carboxylic acids is 1. The van der Waals surface area contributed by atoms with Crippen LogP contribution in [-0.2, 0) is 4.79 Å². The molecule has 1 saturated heterocycles. The highest BCUT2D eigenvalue weighted by molar-refractivity contribution is 5.78. The number of benzene rings is 1. The fourth-order valence-electron chi connectivity index (χ4n) is 2.33. The number of amides is 1. The maximum absolute atomic E-state index is 11.7. The molecule has 2 rings (SSSR count). The second kappa shape index (κ2) is 7.14. The molecule has 0 atom stereocenters. The predicted molar refractivity (Wildman–Crippen MR) is 78.4 cm³/mol. The van der Waals surface area contributed by atoms with E-state index in [1.807, 2.05) is 6.07 Å². The van der Waals surface area contributed by atoms with Crippen LogP contribution in [0.1, 0.15) is 13.3 Å². The molecule has 4 heteroatoms. The zero-order valence-corrected chi connectivity index (χ0v) is 11.6. The van der Waals surface area contributed by atoms with Gasteiger partial charge in [-0.25, -0.2) is 0 Å². The Labute approximate surface area is 115 Å². The Hall–Kier alpha value is -1.55. The summed E-state index contributed by atoms with van der Waals surface area (Å²) in [5.74, 6) is 0.148. The smallest absolute Gasteiger partial charge is 0.234 e. The van der Waals surface area contributed by atoms with Crippen molar-refractivity contribution >= 4 is 11.6 Å². The maximum Gasteiger partial charge on any atom is 0.234 e. The molecule has 1 aliphatic heterocycles. The topological polar surface area (TPSA) is 35.6 Å². The molecule has 0 radical (unpaired) electrons. The lowest BCUT2D eigenvalue weighted by Gasteiger charge is -2.35. The van der Waals surface area contributed by atoms with Crippen LogP contribution in [0.15, 0.2) is 30.3 Å². The maximum atomic E-state index is 11.7. The average Bonchev–Trinajstić information content (AvgIpc) is 2.47. The van der Waals surface area contributed by atoms with E-state index in [0.29, 0.717) is 6.54 Å². The normalized spacial score (nSPS) is 16.4. The van der Waals surface area contributed by atoms with E-state index >= 15 is 0 Å². The van der Waals surface area contributed by atoms with Gasteiger partial charge in [0.1, 0.15) is 0 Å². The van der Waals surface area contributed by atoms with Crippen molar-refractivity contribution in [1.82, 2.24) is 10.2 Å². The van der Waals surface area contributed by atoms with Gasteiger partial charge in [-0.1, -0.05) is 25.1 Å². The Morgan fingerprint density at radius 2 is 1.84 bits per heavy atom. The first-order valence-electron chi connectivity index (χ1n) is 7.08. The van der Waals surface area contributed by atoms with E-state index in [-0.39, 0.29) is 5.91 Å². The minimum atomic E-state index is 0.148. The number of para-hydroxylation sites is 1. The molecule has 19 heavy (non-hydrogen) atoms. The number of piperazine rings is 1. The Kier molecular flexibility index (Phi) is 5.21. The molecule has 0 spiro atoms. The van der Waals surface area contributed by atoms with Crippen LogP contribution in [-0.4, -0.2) is 50.1 Å². The van der Waals surface area contributed by atoms with E-state index in [9.17, 15) is 4.79 Å². The number of anilines is 1. The van der Waals surface area contributed by atoms with Gasteiger partial charge in [-0.05, 0) is 18.6 Å². The highest BCUT2D eigenvalue weighted by Crippen LogP contribution is 2.15. The Morgan fingerprint density at radius 3 is 2.47 bits per heavy atom. The van der Waals surface area contributed by atoms with Gasteiger partial charge in [-0.3, -0.25) is 9.69 Å². The van der Waals surface area contributed by atoms with Crippen molar-refractivity contribution in [2.45, 2.75) is 13.3 Å². The number of carbonyl (C=O) groups is 1. The quantitative estimate of drug-likeness (QED) is 0.868. The summed E-state index contributed by atoms with van der Waals surface area (Å²) in [6.07, 6.45) is 0.994. The van der Waals surface area contributed by atoms with Gasteiger partial charge in [0, 0.05) is 38.4 Å². The number of hydrogen-bond donors (Lipinski definition) is 1. The fraction of sp³-hybridized carbons (Fsp3) is 0.533. The number of nitrogens with one attached hydrogen (secondary N) is 1. The van der Waals surface area contributed by atoms with Gasteiger partial charge in [-0.2, -0.15) is 0 Å². The zero-order valence-electron chi connectivity index (χ0n) is 11.6. The zero-order chi connectivity index (χ0) is 13.5. The van der Waals surface area contributed by atoms with Gasteiger partial charge in [-0.15, -0.1) is 0 Å². The third-order valence-corrected chi connectivity index (χ3v) is 3.43. The van der Waals surface area contributed by atoms with E-state index in [1.54, 1.807) is 0 Å². The number of nitrogens with zero attached hydrogens (tertiary/aromatic N) is 2. The van der Waals surface area contributed by atoms with Gasteiger partial charge in [0.05, 0.1) is 6.54 Å². The van der Waals surface area contributed by atoms with Crippen LogP contribution < -0.4 is 10.2 Å². The molecule has 1 aromatic rings. The summed E-state index contributed by atoms with van der Waals surface area (Å²) in [5, 5.41) is 2.93. The standard InChI is InChI=1S/C15H23N3O/c1-2-8-16-15(19)13-17-9-11-18(12-10-17)14-6-4-3-5-7-14/h3-7H,2,8-13H2,1H3,(H,16,19). The van der Waals surface area contributed by atoms with Crippen LogP contribution in [0, 0.1) is 0 Å². The van der Waals surface area contributed by atoms with Crippen molar-refractivity contribution in [1.29, 1.82) is 0 Å². The van der Waals surface area contributed by atoms with Crippen LogP contribution in [0.2, 0.25) is 0 Å². The molecular weight excluding hydrogens is 238 g/mol. The van der Waals surface area contributed by atoms with E-state index < -0.39 is 0 Å². The number of rotatable bonds is 5.